The Morgan fingerprint density at radius 2 is 2.39 bits per heavy atom. The van der Waals surface area contributed by atoms with Crippen molar-refractivity contribution in [2.45, 2.75) is 32.1 Å². The maximum atomic E-state index is 5.78. The van der Waals surface area contributed by atoms with E-state index in [-0.39, 0.29) is 0 Å². The summed E-state index contributed by atoms with van der Waals surface area (Å²) in [5.74, 6) is 0.694. The number of nitrogens with zero attached hydrogens (tertiary/aromatic N) is 2. The van der Waals surface area contributed by atoms with Crippen LogP contribution in [0.3, 0.4) is 0 Å². The van der Waals surface area contributed by atoms with E-state index in [2.05, 4.69) is 36.0 Å². The van der Waals surface area contributed by atoms with Crippen molar-refractivity contribution in [1.29, 1.82) is 0 Å². The maximum Gasteiger partial charge on any atom is 0.157 e. The standard InChI is InChI=1S/C13H25N3OS/c1-4-16-5-6-17-11(9-16)7-14-13-15-8-12(18-13)10(2)3/h10-12H,4-9H2,1-3H3,(H,14,15). The molecular weight excluding hydrogens is 246 g/mol. The minimum atomic E-state index is 0.306. The van der Waals surface area contributed by atoms with Crippen LogP contribution in [-0.2, 0) is 4.74 Å². The molecule has 0 aromatic carbocycles. The van der Waals surface area contributed by atoms with Gasteiger partial charge in [-0.3, -0.25) is 9.89 Å². The fourth-order valence-electron chi connectivity index (χ4n) is 2.23. The highest BCUT2D eigenvalue weighted by atomic mass is 32.2. The zero-order valence-electron chi connectivity index (χ0n) is 11.7. The van der Waals surface area contributed by atoms with Gasteiger partial charge >= 0.3 is 0 Å². The molecule has 0 saturated carbocycles. The van der Waals surface area contributed by atoms with Gasteiger partial charge in [0.05, 0.1) is 19.3 Å². The lowest BCUT2D eigenvalue weighted by molar-refractivity contribution is -0.0232. The molecular formula is C13H25N3OS. The predicted octanol–water partition coefficient (Wildman–Crippen LogP) is 1.42. The first-order valence-corrected chi connectivity index (χ1v) is 7.86. The van der Waals surface area contributed by atoms with Crippen molar-refractivity contribution < 1.29 is 4.74 Å². The third kappa shape index (κ3) is 3.87. The van der Waals surface area contributed by atoms with Crippen molar-refractivity contribution >= 4 is 16.9 Å². The summed E-state index contributed by atoms with van der Waals surface area (Å²) < 4.78 is 5.78. The van der Waals surface area contributed by atoms with E-state index in [0.29, 0.717) is 17.3 Å². The van der Waals surface area contributed by atoms with Crippen LogP contribution in [0.5, 0.6) is 0 Å². The molecule has 1 fully saturated rings. The van der Waals surface area contributed by atoms with Crippen LogP contribution in [0.2, 0.25) is 0 Å². The number of amidine groups is 1. The lowest BCUT2D eigenvalue weighted by Gasteiger charge is -2.32. The number of likely N-dealkylation sites (N-methyl/N-ethyl adjacent to an activating group) is 1. The number of aliphatic imine (C=N–C) groups is 1. The number of hydrogen-bond acceptors (Lipinski definition) is 5. The number of morpholine rings is 1. The first-order valence-electron chi connectivity index (χ1n) is 6.98. The van der Waals surface area contributed by atoms with Crippen LogP contribution in [0.25, 0.3) is 0 Å². The molecule has 18 heavy (non-hydrogen) atoms. The minimum absolute atomic E-state index is 0.306. The van der Waals surface area contributed by atoms with Gasteiger partial charge in [-0.2, -0.15) is 0 Å². The average molecular weight is 271 g/mol. The Hall–Kier alpha value is -0.260. The van der Waals surface area contributed by atoms with Crippen LogP contribution in [-0.4, -0.2) is 60.8 Å². The van der Waals surface area contributed by atoms with Crippen LogP contribution in [0.4, 0.5) is 0 Å². The minimum Gasteiger partial charge on any atom is -0.374 e. The van der Waals surface area contributed by atoms with Crippen LogP contribution >= 0.6 is 11.8 Å². The van der Waals surface area contributed by atoms with E-state index in [9.17, 15) is 0 Å². The van der Waals surface area contributed by atoms with Crippen molar-refractivity contribution in [3.05, 3.63) is 0 Å². The molecule has 0 aromatic heterocycles. The fraction of sp³-hybridized carbons (Fsp3) is 0.923. The Balaban J connectivity index is 1.69. The summed E-state index contributed by atoms with van der Waals surface area (Å²) in [5.41, 5.74) is 0. The summed E-state index contributed by atoms with van der Waals surface area (Å²) in [6.07, 6.45) is 0.306. The van der Waals surface area contributed by atoms with Crippen LogP contribution in [0, 0.1) is 5.92 Å². The smallest absolute Gasteiger partial charge is 0.157 e. The molecule has 104 valence electrons. The molecule has 2 atom stereocenters. The van der Waals surface area contributed by atoms with Gasteiger partial charge < -0.3 is 10.1 Å². The van der Waals surface area contributed by atoms with Gasteiger partial charge in [-0.15, -0.1) is 0 Å². The molecule has 2 rings (SSSR count). The Labute approximate surface area is 115 Å². The normalized spacial score (nSPS) is 29.7. The summed E-state index contributed by atoms with van der Waals surface area (Å²) in [6.45, 7) is 12.6. The van der Waals surface area contributed by atoms with E-state index in [1.165, 1.54) is 0 Å². The van der Waals surface area contributed by atoms with Gasteiger partial charge in [-0.05, 0) is 12.5 Å². The van der Waals surface area contributed by atoms with Crippen molar-refractivity contribution in [2.75, 3.05) is 39.3 Å². The quantitative estimate of drug-likeness (QED) is 0.839. The van der Waals surface area contributed by atoms with Crippen molar-refractivity contribution in [2.24, 2.45) is 10.9 Å². The Kier molecular flexibility index (Phi) is 5.33. The Morgan fingerprint density at radius 3 is 3.06 bits per heavy atom. The molecule has 2 heterocycles. The first-order chi connectivity index (χ1) is 8.69. The number of hydrogen-bond donors (Lipinski definition) is 1. The van der Waals surface area contributed by atoms with Crippen molar-refractivity contribution in [1.82, 2.24) is 10.2 Å². The summed E-state index contributed by atoms with van der Waals surface area (Å²) in [4.78, 5) is 7.00. The van der Waals surface area contributed by atoms with Gasteiger partial charge in [0.15, 0.2) is 5.17 Å². The van der Waals surface area contributed by atoms with Gasteiger partial charge in [0, 0.05) is 24.9 Å². The summed E-state index contributed by atoms with van der Waals surface area (Å²) in [5, 5.41) is 5.19. The lowest BCUT2D eigenvalue weighted by Crippen LogP contribution is -2.47. The molecule has 1 N–H and O–H groups in total. The molecule has 2 unspecified atom stereocenters. The molecule has 4 nitrogen and oxygen atoms in total. The molecule has 5 heteroatoms. The van der Waals surface area contributed by atoms with E-state index in [0.717, 1.165) is 44.5 Å². The lowest BCUT2D eigenvalue weighted by atomic mass is 10.1. The molecule has 0 radical (unpaired) electrons. The van der Waals surface area contributed by atoms with E-state index < -0.39 is 0 Å². The highest BCUT2D eigenvalue weighted by Crippen LogP contribution is 2.25. The summed E-state index contributed by atoms with van der Waals surface area (Å²) in [7, 11) is 0. The molecule has 0 aromatic rings. The van der Waals surface area contributed by atoms with E-state index in [1.807, 2.05) is 11.8 Å². The maximum absolute atomic E-state index is 5.78. The fourth-order valence-corrected chi connectivity index (χ4v) is 3.25. The van der Waals surface area contributed by atoms with E-state index >= 15 is 0 Å². The molecule has 1 saturated heterocycles. The Bertz CT molecular complexity index is 296. The highest BCUT2D eigenvalue weighted by Gasteiger charge is 2.24. The van der Waals surface area contributed by atoms with Crippen LogP contribution in [0.15, 0.2) is 4.99 Å². The topological polar surface area (TPSA) is 36.9 Å². The second-order valence-corrected chi connectivity index (χ2v) is 6.54. The average Bonchev–Trinajstić information content (AvgIpc) is 2.85. The SMILES string of the molecule is CCN1CCOC(CNC2=NCC(C(C)C)S2)C1. The molecule has 2 aliphatic rings. The first kappa shape index (κ1) is 14.2. The van der Waals surface area contributed by atoms with Crippen molar-refractivity contribution in [3.8, 4) is 0 Å². The van der Waals surface area contributed by atoms with E-state index in [4.69, 9.17) is 4.74 Å². The van der Waals surface area contributed by atoms with E-state index in [1.54, 1.807) is 0 Å². The second-order valence-electron chi connectivity index (χ2n) is 5.31. The number of rotatable bonds is 4. The number of ether oxygens (including phenoxy) is 1. The molecule has 0 amide bonds. The predicted molar refractivity (Wildman–Crippen MR) is 78.4 cm³/mol. The summed E-state index contributed by atoms with van der Waals surface area (Å²) >= 11 is 1.88. The molecule has 0 bridgehead atoms. The molecule has 2 aliphatic heterocycles. The van der Waals surface area contributed by atoms with Gasteiger partial charge in [-0.25, -0.2) is 0 Å². The zero-order valence-corrected chi connectivity index (χ0v) is 12.5. The Morgan fingerprint density at radius 1 is 1.56 bits per heavy atom. The third-order valence-electron chi connectivity index (χ3n) is 3.57. The largest absolute Gasteiger partial charge is 0.374 e. The summed E-state index contributed by atoms with van der Waals surface area (Å²) in [6, 6.07) is 0. The van der Waals surface area contributed by atoms with Gasteiger partial charge in [0.25, 0.3) is 0 Å². The number of nitrogens with one attached hydrogen (secondary N) is 1. The number of thioether (sulfide) groups is 1. The van der Waals surface area contributed by atoms with Gasteiger partial charge in [0.2, 0.25) is 0 Å². The third-order valence-corrected chi connectivity index (χ3v) is 5.07. The molecule has 0 spiro atoms. The van der Waals surface area contributed by atoms with Crippen molar-refractivity contribution in [3.63, 3.8) is 0 Å². The monoisotopic (exact) mass is 271 g/mol. The zero-order chi connectivity index (χ0) is 13.0. The van der Waals surface area contributed by atoms with Gasteiger partial charge in [0.1, 0.15) is 0 Å². The molecule has 0 aliphatic carbocycles. The van der Waals surface area contributed by atoms with Crippen LogP contribution < -0.4 is 5.32 Å². The highest BCUT2D eigenvalue weighted by molar-refractivity contribution is 8.14. The van der Waals surface area contributed by atoms with Crippen LogP contribution in [0.1, 0.15) is 20.8 Å². The second kappa shape index (κ2) is 6.78. The van der Waals surface area contributed by atoms with Gasteiger partial charge in [-0.1, -0.05) is 32.5 Å².